The Labute approximate surface area is 111 Å². The van der Waals surface area contributed by atoms with Gasteiger partial charge in [0.15, 0.2) is 5.76 Å². The average Bonchev–Trinajstić information content (AvgIpc) is 2.55. The van der Waals surface area contributed by atoms with E-state index < -0.39 is 11.9 Å². The molecule has 3 N–H and O–H groups in total. The minimum Gasteiger partial charge on any atom is -0.493 e. The van der Waals surface area contributed by atoms with Crippen molar-refractivity contribution in [3.63, 3.8) is 0 Å². The minimum atomic E-state index is -1.01. The monoisotopic (exact) mass is 270 g/mol. The first-order valence-electron chi connectivity index (χ1n) is 6.03. The van der Waals surface area contributed by atoms with Crippen molar-refractivity contribution in [2.75, 3.05) is 20.2 Å². The van der Waals surface area contributed by atoms with Crippen molar-refractivity contribution < 1.29 is 24.5 Å². The zero-order chi connectivity index (χ0) is 14.3. The molecule has 19 heavy (non-hydrogen) atoms. The number of carboxylic acid groups (broad SMARTS) is 2. The number of ether oxygens (including phenoxy) is 1. The molecule has 7 heteroatoms. The van der Waals surface area contributed by atoms with Gasteiger partial charge in [-0.25, -0.2) is 0 Å². The number of nitrogens with one attached hydrogen (secondary N) is 1. The SMILES string of the molecule is COC1=C(NCC(=O)O)CCCCC1=NCC(=O)O. The topological polar surface area (TPSA) is 108 Å². The van der Waals surface area contributed by atoms with Crippen LogP contribution in [0.3, 0.4) is 0 Å². The molecule has 0 aromatic carbocycles. The van der Waals surface area contributed by atoms with Crippen molar-refractivity contribution in [1.82, 2.24) is 5.32 Å². The van der Waals surface area contributed by atoms with Crippen LogP contribution in [-0.4, -0.2) is 48.1 Å². The van der Waals surface area contributed by atoms with Gasteiger partial charge >= 0.3 is 11.9 Å². The third kappa shape index (κ3) is 4.99. The highest BCUT2D eigenvalue weighted by Gasteiger charge is 2.18. The maximum absolute atomic E-state index is 10.6. The number of methoxy groups -OCH3 is 1. The highest BCUT2D eigenvalue weighted by molar-refractivity contribution is 6.00. The van der Waals surface area contributed by atoms with E-state index in [4.69, 9.17) is 14.9 Å². The van der Waals surface area contributed by atoms with Crippen LogP contribution in [0.2, 0.25) is 0 Å². The van der Waals surface area contributed by atoms with Gasteiger partial charge in [-0.3, -0.25) is 14.6 Å². The van der Waals surface area contributed by atoms with Crippen LogP contribution in [0.25, 0.3) is 0 Å². The molecule has 7 nitrogen and oxygen atoms in total. The third-order valence-corrected chi connectivity index (χ3v) is 2.69. The smallest absolute Gasteiger partial charge is 0.325 e. The number of rotatable bonds is 6. The Balaban J connectivity index is 2.93. The van der Waals surface area contributed by atoms with Crippen LogP contribution >= 0.6 is 0 Å². The quantitative estimate of drug-likeness (QED) is 0.653. The summed E-state index contributed by atoms with van der Waals surface area (Å²) in [7, 11) is 1.47. The molecule has 0 fully saturated rings. The van der Waals surface area contributed by atoms with E-state index in [9.17, 15) is 9.59 Å². The van der Waals surface area contributed by atoms with Crippen LogP contribution in [0, 0.1) is 0 Å². The number of hydrogen-bond acceptors (Lipinski definition) is 5. The van der Waals surface area contributed by atoms with Crippen molar-refractivity contribution in [3.8, 4) is 0 Å². The highest BCUT2D eigenvalue weighted by Crippen LogP contribution is 2.21. The third-order valence-electron chi connectivity index (χ3n) is 2.69. The molecule has 0 amide bonds. The van der Waals surface area contributed by atoms with E-state index in [2.05, 4.69) is 10.3 Å². The van der Waals surface area contributed by atoms with Gasteiger partial charge in [0.1, 0.15) is 13.1 Å². The predicted molar refractivity (Wildman–Crippen MR) is 68.1 cm³/mol. The van der Waals surface area contributed by atoms with E-state index in [1.807, 2.05) is 0 Å². The Bertz CT molecular complexity index is 414. The lowest BCUT2D eigenvalue weighted by atomic mass is 10.2. The molecule has 0 saturated heterocycles. The fourth-order valence-electron chi connectivity index (χ4n) is 1.90. The molecule has 0 atom stereocenters. The molecule has 0 aromatic heterocycles. The summed E-state index contributed by atoms with van der Waals surface area (Å²) in [6.07, 6.45) is 3.04. The number of aliphatic imine (C=N–C) groups is 1. The molecule has 0 aliphatic heterocycles. The minimum absolute atomic E-state index is 0.200. The summed E-state index contributed by atoms with van der Waals surface area (Å²) < 4.78 is 5.26. The van der Waals surface area contributed by atoms with E-state index in [1.165, 1.54) is 7.11 Å². The molecular weight excluding hydrogens is 252 g/mol. The fourth-order valence-corrected chi connectivity index (χ4v) is 1.90. The Hall–Kier alpha value is -2.05. The second-order valence-corrected chi connectivity index (χ2v) is 4.12. The summed E-state index contributed by atoms with van der Waals surface area (Å²) in [6.45, 7) is -0.511. The zero-order valence-corrected chi connectivity index (χ0v) is 10.8. The van der Waals surface area contributed by atoms with Gasteiger partial charge in [-0.2, -0.15) is 0 Å². The molecule has 0 spiro atoms. The van der Waals surface area contributed by atoms with Gasteiger partial charge in [0.2, 0.25) is 0 Å². The predicted octanol–water partition coefficient (Wildman–Crippen LogP) is 0.618. The molecule has 0 unspecified atom stereocenters. The standard InChI is InChI=1S/C12H18N2O5/c1-19-12-8(13-6-10(15)16)4-2-3-5-9(12)14-7-11(17)18/h13H,2-7H2,1H3,(H,15,16)(H,17,18). The van der Waals surface area contributed by atoms with Gasteiger partial charge in [0.25, 0.3) is 0 Å². The summed E-state index contributed by atoms with van der Waals surface area (Å²) in [5.74, 6) is -1.50. The summed E-state index contributed by atoms with van der Waals surface area (Å²) in [6, 6.07) is 0. The number of aliphatic carboxylic acids is 2. The Morgan fingerprint density at radius 2 is 1.95 bits per heavy atom. The van der Waals surface area contributed by atoms with Gasteiger partial charge in [-0.05, 0) is 25.7 Å². The van der Waals surface area contributed by atoms with Crippen molar-refractivity contribution in [2.45, 2.75) is 25.7 Å². The summed E-state index contributed by atoms with van der Waals surface area (Å²) in [4.78, 5) is 25.2. The second kappa shape index (κ2) is 7.40. The molecule has 0 bridgehead atoms. The summed E-state index contributed by atoms with van der Waals surface area (Å²) in [5.41, 5.74) is 1.25. The molecule has 0 saturated carbocycles. The lowest BCUT2D eigenvalue weighted by Gasteiger charge is -2.13. The zero-order valence-electron chi connectivity index (χ0n) is 10.8. The molecule has 1 aliphatic rings. The molecule has 0 aromatic rings. The second-order valence-electron chi connectivity index (χ2n) is 4.12. The maximum Gasteiger partial charge on any atom is 0.325 e. The fraction of sp³-hybridized carbons (Fsp3) is 0.583. The molecule has 0 heterocycles. The van der Waals surface area contributed by atoms with Gasteiger partial charge in [-0.1, -0.05) is 0 Å². The molecule has 1 rings (SSSR count). The molecule has 1 aliphatic carbocycles. The van der Waals surface area contributed by atoms with E-state index in [0.29, 0.717) is 30.0 Å². The van der Waals surface area contributed by atoms with Crippen LogP contribution in [0.5, 0.6) is 0 Å². The van der Waals surface area contributed by atoms with E-state index >= 15 is 0 Å². The Kier molecular flexibility index (Phi) is 5.84. The average molecular weight is 270 g/mol. The first-order valence-corrected chi connectivity index (χ1v) is 6.03. The van der Waals surface area contributed by atoms with Gasteiger partial charge in [0.05, 0.1) is 18.5 Å². The van der Waals surface area contributed by atoms with Crippen LogP contribution in [0.1, 0.15) is 25.7 Å². The van der Waals surface area contributed by atoms with E-state index in [0.717, 1.165) is 12.8 Å². The maximum atomic E-state index is 10.6. The number of carbonyl (C=O) groups is 2. The van der Waals surface area contributed by atoms with Crippen molar-refractivity contribution >= 4 is 17.7 Å². The lowest BCUT2D eigenvalue weighted by molar-refractivity contribution is -0.136. The summed E-state index contributed by atoms with van der Waals surface area (Å²) >= 11 is 0. The first kappa shape index (κ1) is 15.0. The van der Waals surface area contributed by atoms with Crippen molar-refractivity contribution in [3.05, 3.63) is 11.5 Å². The van der Waals surface area contributed by atoms with Gasteiger partial charge in [-0.15, -0.1) is 0 Å². The lowest BCUT2D eigenvalue weighted by Crippen LogP contribution is -2.24. The number of hydrogen-bond donors (Lipinski definition) is 3. The number of carboxylic acids is 2. The number of nitrogens with zero attached hydrogens (tertiary/aromatic N) is 1. The summed E-state index contributed by atoms with van der Waals surface area (Å²) in [5, 5.41) is 20.1. The van der Waals surface area contributed by atoms with Crippen molar-refractivity contribution in [2.24, 2.45) is 4.99 Å². The molecule has 0 radical (unpaired) electrons. The van der Waals surface area contributed by atoms with Gasteiger partial charge < -0.3 is 20.3 Å². The van der Waals surface area contributed by atoms with E-state index in [1.54, 1.807) is 0 Å². The van der Waals surface area contributed by atoms with Crippen LogP contribution in [0.15, 0.2) is 16.4 Å². The van der Waals surface area contributed by atoms with E-state index in [-0.39, 0.29) is 13.1 Å². The van der Waals surface area contributed by atoms with Crippen LogP contribution in [-0.2, 0) is 14.3 Å². The Morgan fingerprint density at radius 1 is 1.26 bits per heavy atom. The van der Waals surface area contributed by atoms with Crippen LogP contribution < -0.4 is 5.32 Å². The van der Waals surface area contributed by atoms with Crippen molar-refractivity contribution in [1.29, 1.82) is 0 Å². The first-order chi connectivity index (χ1) is 9.04. The Morgan fingerprint density at radius 3 is 2.53 bits per heavy atom. The number of allylic oxidation sites excluding steroid dienone is 2. The van der Waals surface area contributed by atoms with Gasteiger partial charge in [0, 0.05) is 0 Å². The van der Waals surface area contributed by atoms with Crippen LogP contribution in [0.4, 0.5) is 0 Å². The largest absolute Gasteiger partial charge is 0.493 e. The highest BCUT2D eigenvalue weighted by atomic mass is 16.5. The molecular formula is C12H18N2O5. The molecule has 106 valence electrons. The normalized spacial score (nSPS) is 18.1.